The zero-order valence-electron chi connectivity index (χ0n) is 24.8. The summed E-state index contributed by atoms with van der Waals surface area (Å²) in [5.74, 6) is -1.78. The smallest absolute Gasteiger partial charge is 0.467 e. The van der Waals surface area contributed by atoms with Gasteiger partial charge in [-0.25, -0.2) is 14.4 Å². The Morgan fingerprint density at radius 3 is 2.20 bits per heavy atom. The molecule has 250 valence electrons. The molecular formula is C27H31N3O16. The molecule has 3 rings (SSSR count). The molecule has 0 radical (unpaired) electrons. The number of hydrogen-bond acceptors (Lipinski definition) is 16. The van der Waals surface area contributed by atoms with Crippen molar-refractivity contribution >= 4 is 29.6 Å². The first-order valence-corrected chi connectivity index (χ1v) is 13.3. The lowest BCUT2D eigenvalue weighted by Crippen LogP contribution is -2.61. The number of aliphatic hydroxyl groups excluding tert-OH is 3. The third-order valence-electron chi connectivity index (χ3n) is 6.12. The molecule has 0 saturated carbocycles. The van der Waals surface area contributed by atoms with Gasteiger partial charge in [0.1, 0.15) is 35.8 Å². The molecular weight excluding hydrogens is 622 g/mol. The minimum absolute atomic E-state index is 0.0660. The van der Waals surface area contributed by atoms with Crippen LogP contribution in [0.1, 0.15) is 32.4 Å². The van der Waals surface area contributed by atoms with E-state index >= 15 is 0 Å². The summed E-state index contributed by atoms with van der Waals surface area (Å²) in [6.07, 6.45) is -13.2. The minimum atomic E-state index is -1.96. The number of amides is 1. The number of nitrogens with zero attached hydrogens (tertiary/aromatic N) is 2. The molecule has 4 N–H and O–H groups in total. The summed E-state index contributed by atoms with van der Waals surface area (Å²) in [6, 6.07) is 7.55. The maximum atomic E-state index is 12.6. The van der Waals surface area contributed by atoms with Crippen molar-refractivity contribution in [2.24, 2.45) is 0 Å². The fraction of sp³-hybridized carbons (Fsp3) is 0.444. The van der Waals surface area contributed by atoms with Crippen molar-refractivity contribution in [1.82, 2.24) is 5.32 Å². The largest absolute Gasteiger partial charge is 0.514 e. The fourth-order valence-electron chi connectivity index (χ4n) is 3.95. The maximum Gasteiger partial charge on any atom is 0.514 e. The molecule has 2 aromatic carbocycles. The van der Waals surface area contributed by atoms with E-state index in [4.69, 9.17) is 23.7 Å². The molecule has 1 saturated heterocycles. The molecule has 6 atom stereocenters. The van der Waals surface area contributed by atoms with E-state index in [0.717, 1.165) is 43.5 Å². The topological polar surface area (TPSA) is 266 Å². The minimum Gasteiger partial charge on any atom is -0.467 e. The molecule has 1 aliphatic heterocycles. The van der Waals surface area contributed by atoms with Gasteiger partial charge in [0, 0.05) is 23.8 Å². The average Bonchev–Trinajstić information content (AvgIpc) is 2.98. The van der Waals surface area contributed by atoms with Crippen LogP contribution in [0.2, 0.25) is 0 Å². The number of methoxy groups -OCH3 is 1. The van der Waals surface area contributed by atoms with Crippen LogP contribution in [0.15, 0.2) is 42.5 Å². The molecule has 19 nitrogen and oxygen atoms in total. The van der Waals surface area contributed by atoms with Crippen LogP contribution in [-0.2, 0) is 23.7 Å². The SMILES string of the molecule is COC(=O)[C@H]1O[C@@H](Oc2ccc(C(CNC(=O)OC(C)(C)C)OC(=O)Oc3ccc([N+](=O)[O-])cc3)cc2[N+](=O)[O-])[C@H](O)[C@@H](O)[C@@H]1O. The molecule has 0 spiro atoms. The predicted molar refractivity (Wildman–Crippen MR) is 150 cm³/mol. The molecule has 46 heavy (non-hydrogen) atoms. The van der Waals surface area contributed by atoms with Gasteiger partial charge in [-0.15, -0.1) is 0 Å². The molecule has 1 amide bonds. The quantitative estimate of drug-likeness (QED) is 0.0933. The Morgan fingerprint density at radius 2 is 1.63 bits per heavy atom. The number of hydrogen-bond donors (Lipinski definition) is 4. The van der Waals surface area contributed by atoms with Gasteiger partial charge in [-0.2, -0.15) is 0 Å². The second kappa shape index (κ2) is 14.8. The van der Waals surface area contributed by atoms with Gasteiger partial charge in [0.25, 0.3) is 5.69 Å². The fourth-order valence-corrected chi connectivity index (χ4v) is 3.95. The Kier molecular flexibility index (Phi) is 11.4. The highest BCUT2D eigenvalue weighted by Crippen LogP contribution is 2.34. The molecule has 0 bridgehead atoms. The third kappa shape index (κ3) is 9.20. The van der Waals surface area contributed by atoms with Crippen LogP contribution < -0.4 is 14.8 Å². The van der Waals surface area contributed by atoms with Crippen LogP contribution in [0.3, 0.4) is 0 Å². The van der Waals surface area contributed by atoms with Gasteiger partial charge in [0.2, 0.25) is 6.29 Å². The molecule has 0 aromatic heterocycles. The summed E-state index contributed by atoms with van der Waals surface area (Å²) in [5, 5.41) is 55.8. The first kappa shape index (κ1) is 35.4. The number of carbonyl (C=O) groups excluding carboxylic acids is 3. The number of nitro groups is 2. The highest BCUT2D eigenvalue weighted by molar-refractivity contribution is 5.75. The van der Waals surface area contributed by atoms with E-state index in [2.05, 4.69) is 10.1 Å². The van der Waals surface area contributed by atoms with Gasteiger partial charge in [-0.05, 0) is 39.0 Å². The van der Waals surface area contributed by atoms with Gasteiger partial charge in [0.15, 0.2) is 11.9 Å². The number of ether oxygens (including phenoxy) is 6. The monoisotopic (exact) mass is 653 g/mol. The zero-order valence-corrected chi connectivity index (χ0v) is 24.8. The van der Waals surface area contributed by atoms with Gasteiger partial charge >= 0.3 is 23.9 Å². The Hall–Kier alpha value is -5.11. The Bertz CT molecular complexity index is 1440. The molecule has 1 heterocycles. The average molecular weight is 654 g/mol. The standard InChI is InChI=1S/C27H31N3O16/c1-27(2,3)46-25(35)28-12-18(44-26(36)42-15-8-6-14(7-9-15)29(37)38)13-5-10-17(16(11-13)30(39)40)43-24-21(33)19(31)20(32)22(45-24)23(34)41-4/h5-11,18-22,24,31-33H,12H2,1-4H3,(H,28,35)/t18?,19-,20-,21+,22-,24+/m0/s1. The molecule has 0 aliphatic carbocycles. The lowest BCUT2D eigenvalue weighted by Gasteiger charge is -2.38. The van der Waals surface area contributed by atoms with Gasteiger partial charge in [0.05, 0.1) is 23.5 Å². The normalized spacial score (nSPS) is 21.7. The highest BCUT2D eigenvalue weighted by Gasteiger charge is 2.49. The summed E-state index contributed by atoms with van der Waals surface area (Å²) >= 11 is 0. The molecule has 1 fully saturated rings. The van der Waals surface area contributed by atoms with Crippen LogP contribution in [-0.4, -0.2) is 93.3 Å². The molecule has 19 heteroatoms. The number of aliphatic hydroxyl groups is 3. The van der Waals surface area contributed by atoms with E-state index in [0.29, 0.717) is 0 Å². The van der Waals surface area contributed by atoms with E-state index in [1.807, 2.05) is 0 Å². The van der Waals surface area contributed by atoms with Crippen molar-refractivity contribution in [1.29, 1.82) is 0 Å². The maximum absolute atomic E-state index is 12.6. The second-order valence-electron chi connectivity index (χ2n) is 10.6. The van der Waals surface area contributed by atoms with E-state index in [1.165, 1.54) is 6.07 Å². The van der Waals surface area contributed by atoms with E-state index < -0.39 is 88.5 Å². The number of nitro benzene ring substituents is 2. The van der Waals surface area contributed by atoms with Gasteiger partial charge in [-0.3, -0.25) is 20.2 Å². The van der Waals surface area contributed by atoms with Gasteiger partial charge < -0.3 is 49.1 Å². The summed E-state index contributed by atoms with van der Waals surface area (Å²) in [7, 11) is 0.979. The summed E-state index contributed by atoms with van der Waals surface area (Å²) in [5.41, 5.74) is -2.00. The highest BCUT2D eigenvalue weighted by atomic mass is 16.7. The number of carbonyl (C=O) groups is 3. The molecule has 1 aliphatic rings. The number of benzene rings is 2. The van der Waals surface area contributed by atoms with Gasteiger partial charge in [-0.1, -0.05) is 6.07 Å². The third-order valence-corrected chi connectivity index (χ3v) is 6.12. The second-order valence-corrected chi connectivity index (χ2v) is 10.6. The molecule has 2 aromatic rings. The summed E-state index contributed by atoms with van der Waals surface area (Å²) in [6.45, 7) is 4.33. The number of non-ortho nitro benzene ring substituents is 1. The summed E-state index contributed by atoms with van der Waals surface area (Å²) in [4.78, 5) is 58.2. The Balaban J connectivity index is 1.88. The predicted octanol–water partition coefficient (Wildman–Crippen LogP) is 1.64. The lowest BCUT2D eigenvalue weighted by atomic mass is 9.99. The van der Waals surface area contributed by atoms with Crippen LogP contribution in [0, 0.1) is 20.2 Å². The van der Waals surface area contributed by atoms with Crippen LogP contribution in [0.4, 0.5) is 21.0 Å². The zero-order chi connectivity index (χ0) is 34.3. The van der Waals surface area contributed by atoms with E-state index in [9.17, 15) is 49.9 Å². The Morgan fingerprint density at radius 1 is 0.978 bits per heavy atom. The van der Waals surface area contributed by atoms with Crippen molar-refractivity contribution in [2.75, 3.05) is 13.7 Å². The number of rotatable bonds is 10. The Labute approximate surface area is 259 Å². The van der Waals surface area contributed by atoms with Crippen molar-refractivity contribution in [3.05, 3.63) is 68.3 Å². The number of nitrogens with one attached hydrogen (secondary N) is 1. The molecule has 1 unspecified atom stereocenters. The lowest BCUT2D eigenvalue weighted by molar-refractivity contribution is -0.387. The van der Waals surface area contributed by atoms with Crippen molar-refractivity contribution in [3.63, 3.8) is 0 Å². The van der Waals surface area contributed by atoms with Crippen LogP contribution in [0.5, 0.6) is 11.5 Å². The van der Waals surface area contributed by atoms with Crippen molar-refractivity contribution in [3.8, 4) is 11.5 Å². The van der Waals surface area contributed by atoms with E-state index in [-0.39, 0.29) is 17.0 Å². The number of alkyl carbamates (subject to hydrolysis) is 1. The van der Waals surface area contributed by atoms with Crippen molar-refractivity contribution < 1.29 is 68.0 Å². The van der Waals surface area contributed by atoms with E-state index in [1.54, 1.807) is 20.8 Å². The van der Waals surface area contributed by atoms with Crippen LogP contribution >= 0.6 is 0 Å². The first-order valence-electron chi connectivity index (χ1n) is 13.3. The summed E-state index contributed by atoms with van der Waals surface area (Å²) < 4.78 is 30.7. The number of esters is 1. The van der Waals surface area contributed by atoms with Crippen molar-refractivity contribution in [2.45, 2.75) is 63.2 Å². The first-order chi connectivity index (χ1) is 21.5. The van der Waals surface area contributed by atoms with Crippen LogP contribution in [0.25, 0.3) is 0 Å².